The fourth-order valence-electron chi connectivity index (χ4n) is 1.52. The zero-order chi connectivity index (χ0) is 11.1. The Morgan fingerprint density at radius 3 is 3.00 bits per heavy atom. The standard InChI is InChI=1S/C11H22N2O2/c1-9(2)6-13-11(14)8-15-10-4-3-5-12-7-10/h9-10,12H,3-8H2,1-2H3,(H,13,14). The van der Waals surface area contributed by atoms with Gasteiger partial charge >= 0.3 is 0 Å². The number of amides is 1. The molecule has 1 rings (SSSR count). The maximum atomic E-state index is 11.3. The van der Waals surface area contributed by atoms with Crippen LogP contribution in [0.4, 0.5) is 0 Å². The van der Waals surface area contributed by atoms with Gasteiger partial charge in [-0.25, -0.2) is 0 Å². The number of carbonyl (C=O) groups excluding carboxylic acids is 1. The Bertz CT molecular complexity index is 189. The molecule has 1 amide bonds. The van der Waals surface area contributed by atoms with Gasteiger partial charge < -0.3 is 15.4 Å². The van der Waals surface area contributed by atoms with Crippen LogP contribution in [-0.2, 0) is 9.53 Å². The summed E-state index contributed by atoms with van der Waals surface area (Å²) in [5, 5.41) is 6.09. The maximum absolute atomic E-state index is 11.3. The highest BCUT2D eigenvalue weighted by Crippen LogP contribution is 2.05. The summed E-state index contributed by atoms with van der Waals surface area (Å²) in [5.41, 5.74) is 0. The average Bonchev–Trinajstić information content (AvgIpc) is 2.25. The van der Waals surface area contributed by atoms with Gasteiger partial charge in [-0.2, -0.15) is 0 Å². The summed E-state index contributed by atoms with van der Waals surface area (Å²) in [4.78, 5) is 11.3. The van der Waals surface area contributed by atoms with Crippen molar-refractivity contribution in [2.45, 2.75) is 32.8 Å². The molecule has 1 saturated heterocycles. The van der Waals surface area contributed by atoms with E-state index >= 15 is 0 Å². The normalized spacial score (nSPS) is 21.7. The molecule has 1 aliphatic rings. The van der Waals surface area contributed by atoms with Crippen LogP contribution in [0.15, 0.2) is 0 Å². The molecule has 88 valence electrons. The Balaban J connectivity index is 2.05. The number of hydrogen-bond acceptors (Lipinski definition) is 3. The van der Waals surface area contributed by atoms with E-state index in [0.29, 0.717) is 5.92 Å². The summed E-state index contributed by atoms with van der Waals surface area (Å²) in [6.45, 7) is 7.01. The van der Waals surface area contributed by atoms with Crippen molar-refractivity contribution in [3.05, 3.63) is 0 Å². The Kier molecular flexibility index (Phi) is 5.65. The highest BCUT2D eigenvalue weighted by atomic mass is 16.5. The van der Waals surface area contributed by atoms with E-state index in [2.05, 4.69) is 24.5 Å². The van der Waals surface area contributed by atoms with Crippen LogP contribution in [0.25, 0.3) is 0 Å². The minimum Gasteiger partial charge on any atom is -0.367 e. The van der Waals surface area contributed by atoms with E-state index in [1.165, 1.54) is 0 Å². The fraction of sp³-hybridized carbons (Fsp3) is 0.909. The molecule has 1 fully saturated rings. The SMILES string of the molecule is CC(C)CNC(=O)COC1CCCNC1. The van der Waals surface area contributed by atoms with Gasteiger partial charge in [0.2, 0.25) is 5.91 Å². The van der Waals surface area contributed by atoms with E-state index in [-0.39, 0.29) is 18.6 Å². The minimum absolute atomic E-state index is 0.00530. The van der Waals surface area contributed by atoms with Gasteiger partial charge in [0.15, 0.2) is 0 Å². The molecule has 0 spiro atoms. The number of carbonyl (C=O) groups is 1. The highest BCUT2D eigenvalue weighted by Gasteiger charge is 2.14. The zero-order valence-electron chi connectivity index (χ0n) is 9.71. The van der Waals surface area contributed by atoms with E-state index in [1.807, 2.05) is 0 Å². The van der Waals surface area contributed by atoms with Gasteiger partial charge in [0, 0.05) is 13.1 Å². The lowest BCUT2D eigenvalue weighted by atomic mass is 10.1. The number of hydrogen-bond donors (Lipinski definition) is 2. The summed E-state index contributed by atoms with van der Waals surface area (Å²) in [7, 11) is 0. The summed E-state index contributed by atoms with van der Waals surface area (Å²) in [6.07, 6.45) is 2.41. The number of piperidine rings is 1. The fourth-order valence-corrected chi connectivity index (χ4v) is 1.52. The molecule has 15 heavy (non-hydrogen) atoms. The number of nitrogens with one attached hydrogen (secondary N) is 2. The monoisotopic (exact) mass is 214 g/mol. The first-order valence-electron chi connectivity index (χ1n) is 5.77. The Morgan fingerprint density at radius 1 is 1.60 bits per heavy atom. The predicted octanol–water partition coefficient (Wildman–Crippen LogP) is 0.527. The van der Waals surface area contributed by atoms with Crippen LogP contribution < -0.4 is 10.6 Å². The second kappa shape index (κ2) is 6.80. The van der Waals surface area contributed by atoms with E-state index in [0.717, 1.165) is 32.5 Å². The van der Waals surface area contributed by atoms with Gasteiger partial charge in [-0.3, -0.25) is 4.79 Å². The van der Waals surface area contributed by atoms with Crippen LogP contribution in [0.1, 0.15) is 26.7 Å². The van der Waals surface area contributed by atoms with Crippen LogP contribution in [0.5, 0.6) is 0 Å². The number of rotatable bonds is 5. The molecule has 0 aromatic carbocycles. The van der Waals surface area contributed by atoms with Crippen LogP contribution in [0, 0.1) is 5.92 Å². The molecule has 2 N–H and O–H groups in total. The molecule has 0 aromatic heterocycles. The zero-order valence-corrected chi connectivity index (χ0v) is 9.71. The third-order valence-corrected chi connectivity index (χ3v) is 2.41. The van der Waals surface area contributed by atoms with Crippen LogP contribution in [0.2, 0.25) is 0 Å². The largest absolute Gasteiger partial charge is 0.367 e. The molecular weight excluding hydrogens is 192 g/mol. The van der Waals surface area contributed by atoms with Crippen molar-refractivity contribution >= 4 is 5.91 Å². The molecule has 0 radical (unpaired) electrons. The van der Waals surface area contributed by atoms with Crippen molar-refractivity contribution in [3.63, 3.8) is 0 Å². The quantitative estimate of drug-likeness (QED) is 0.702. The van der Waals surface area contributed by atoms with Gasteiger partial charge in [0.25, 0.3) is 0 Å². The number of ether oxygens (including phenoxy) is 1. The second-order valence-corrected chi connectivity index (χ2v) is 4.48. The first kappa shape index (κ1) is 12.5. The lowest BCUT2D eigenvalue weighted by Crippen LogP contribution is -2.38. The molecule has 1 unspecified atom stereocenters. The van der Waals surface area contributed by atoms with Crippen molar-refractivity contribution < 1.29 is 9.53 Å². The predicted molar refractivity (Wildman–Crippen MR) is 59.7 cm³/mol. The van der Waals surface area contributed by atoms with E-state index in [1.54, 1.807) is 0 Å². The maximum Gasteiger partial charge on any atom is 0.246 e. The molecule has 1 aliphatic heterocycles. The van der Waals surface area contributed by atoms with E-state index < -0.39 is 0 Å². The molecule has 1 atom stereocenters. The highest BCUT2D eigenvalue weighted by molar-refractivity contribution is 5.77. The second-order valence-electron chi connectivity index (χ2n) is 4.48. The molecule has 4 nitrogen and oxygen atoms in total. The lowest BCUT2D eigenvalue weighted by molar-refractivity contribution is -0.128. The van der Waals surface area contributed by atoms with Crippen LogP contribution >= 0.6 is 0 Å². The van der Waals surface area contributed by atoms with E-state index in [9.17, 15) is 4.79 Å². The first-order chi connectivity index (χ1) is 7.18. The Morgan fingerprint density at radius 2 is 2.40 bits per heavy atom. The first-order valence-corrected chi connectivity index (χ1v) is 5.77. The Hall–Kier alpha value is -0.610. The molecule has 0 aliphatic carbocycles. The van der Waals surface area contributed by atoms with Gasteiger partial charge in [0.1, 0.15) is 6.61 Å². The van der Waals surface area contributed by atoms with Crippen molar-refractivity contribution in [3.8, 4) is 0 Å². The van der Waals surface area contributed by atoms with Gasteiger partial charge in [-0.1, -0.05) is 13.8 Å². The van der Waals surface area contributed by atoms with Gasteiger partial charge in [-0.15, -0.1) is 0 Å². The molecular formula is C11H22N2O2. The lowest BCUT2D eigenvalue weighted by Gasteiger charge is -2.22. The third kappa shape index (κ3) is 5.74. The van der Waals surface area contributed by atoms with Crippen LogP contribution in [0.3, 0.4) is 0 Å². The van der Waals surface area contributed by atoms with Crippen molar-refractivity contribution in [2.75, 3.05) is 26.2 Å². The van der Waals surface area contributed by atoms with Gasteiger partial charge in [0.05, 0.1) is 6.10 Å². The molecule has 4 heteroatoms. The van der Waals surface area contributed by atoms with Crippen molar-refractivity contribution in [1.29, 1.82) is 0 Å². The molecule has 0 bridgehead atoms. The summed E-state index contributed by atoms with van der Waals surface area (Å²) in [5.74, 6) is 0.486. The minimum atomic E-state index is -0.00530. The average molecular weight is 214 g/mol. The summed E-state index contributed by atoms with van der Waals surface area (Å²) < 4.78 is 5.50. The van der Waals surface area contributed by atoms with E-state index in [4.69, 9.17) is 4.74 Å². The van der Waals surface area contributed by atoms with Crippen LogP contribution in [-0.4, -0.2) is 38.3 Å². The van der Waals surface area contributed by atoms with Gasteiger partial charge in [-0.05, 0) is 25.3 Å². The van der Waals surface area contributed by atoms with Crippen molar-refractivity contribution in [1.82, 2.24) is 10.6 Å². The third-order valence-electron chi connectivity index (χ3n) is 2.41. The summed E-state index contributed by atoms with van der Waals surface area (Å²) >= 11 is 0. The molecule has 0 aromatic rings. The Labute approximate surface area is 91.8 Å². The topological polar surface area (TPSA) is 50.4 Å². The molecule has 0 saturated carbocycles. The molecule has 1 heterocycles. The smallest absolute Gasteiger partial charge is 0.246 e. The summed E-state index contributed by atoms with van der Waals surface area (Å²) in [6, 6.07) is 0. The van der Waals surface area contributed by atoms with Crippen molar-refractivity contribution in [2.24, 2.45) is 5.92 Å².